The van der Waals surface area contributed by atoms with Gasteiger partial charge in [0.05, 0.1) is 5.02 Å². The lowest BCUT2D eigenvalue weighted by Crippen LogP contribution is -2.55. The zero-order chi connectivity index (χ0) is 26.9. The fourth-order valence-corrected chi connectivity index (χ4v) is 4.91. The van der Waals surface area contributed by atoms with Crippen molar-refractivity contribution >= 4 is 29.3 Å². The minimum Gasteiger partial charge on any atom is -0.474 e. The van der Waals surface area contributed by atoms with Crippen LogP contribution in [0.5, 0.6) is 5.88 Å². The fourth-order valence-electron chi connectivity index (χ4n) is 4.73. The number of ether oxygens (including phenoxy) is 1. The highest BCUT2D eigenvalue weighted by Gasteiger charge is 2.35. The minimum atomic E-state index is -0.779. The van der Waals surface area contributed by atoms with Crippen molar-refractivity contribution in [3.63, 3.8) is 0 Å². The largest absolute Gasteiger partial charge is 0.474 e. The van der Waals surface area contributed by atoms with Crippen LogP contribution in [0, 0.1) is 5.92 Å². The van der Waals surface area contributed by atoms with Crippen molar-refractivity contribution in [2.75, 3.05) is 20.6 Å². The monoisotopic (exact) mass is 534 g/mol. The van der Waals surface area contributed by atoms with Crippen molar-refractivity contribution in [2.24, 2.45) is 5.92 Å². The van der Waals surface area contributed by atoms with Gasteiger partial charge < -0.3 is 19.9 Å². The molecule has 206 valence electrons. The second-order valence-electron chi connectivity index (χ2n) is 11.0. The number of nitrogens with one attached hydrogen (secondary N) is 1. The molecule has 2 fully saturated rings. The Kier molecular flexibility index (Phi) is 11.0. The molecule has 1 N–H and O–H groups in total. The molecule has 37 heavy (non-hydrogen) atoms. The molecule has 3 rings (SSSR count). The van der Waals surface area contributed by atoms with Crippen LogP contribution >= 0.6 is 11.6 Å². The molecule has 1 saturated carbocycles. The molecule has 2 heterocycles. The molecule has 0 spiro atoms. The van der Waals surface area contributed by atoms with Crippen LogP contribution in [-0.4, -0.2) is 71.3 Å². The Bertz CT molecular complexity index is 937. The smallest absolute Gasteiger partial charge is 0.245 e. The summed E-state index contributed by atoms with van der Waals surface area (Å²) in [5, 5.41) is 3.41. The summed E-state index contributed by atoms with van der Waals surface area (Å²) < 4.78 is 6.00. The van der Waals surface area contributed by atoms with Crippen LogP contribution in [0.4, 0.5) is 0 Å². The Morgan fingerprint density at radius 2 is 1.73 bits per heavy atom. The van der Waals surface area contributed by atoms with E-state index in [9.17, 15) is 14.4 Å². The van der Waals surface area contributed by atoms with E-state index in [1.54, 1.807) is 31.3 Å². The number of carbonyl (C=O) groups is 3. The molecule has 9 heteroatoms. The maximum absolute atomic E-state index is 13.8. The average Bonchev–Trinajstić information content (AvgIpc) is 3.67. The highest BCUT2D eigenvalue weighted by atomic mass is 35.5. The molecular formula is C28H43ClN4O4. The van der Waals surface area contributed by atoms with E-state index >= 15 is 0 Å². The lowest BCUT2D eigenvalue weighted by molar-refractivity contribution is -0.145. The zero-order valence-electron chi connectivity index (χ0n) is 22.8. The second kappa shape index (κ2) is 14.0. The highest BCUT2D eigenvalue weighted by molar-refractivity contribution is 6.30. The van der Waals surface area contributed by atoms with Crippen molar-refractivity contribution in [2.45, 2.75) is 103 Å². The van der Waals surface area contributed by atoms with E-state index in [1.165, 1.54) is 4.90 Å². The van der Waals surface area contributed by atoms with E-state index < -0.39 is 12.1 Å². The SMILES string of the molecule is CC(C)CC1NC(=O)CCCCCCCCN(C)C(=O)C(Cc2cc(Cl)cnc2OC2CC2)N(C)C1=O. The molecular weight excluding hydrogens is 492 g/mol. The number of aromatic nitrogens is 1. The van der Waals surface area contributed by atoms with Gasteiger partial charge >= 0.3 is 0 Å². The first-order chi connectivity index (χ1) is 17.7. The second-order valence-corrected chi connectivity index (χ2v) is 11.4. The van der Waals surface area contributed by atoms with Gasteiger partial charge in [0.15, 0.2) is 0 Å². The van der Waals surface area contributed by atoms with Crippen molar-refractivity contribution in [1.82, 2.24) is 20.1 Å². The Balaban J connectivity index is 1.91. The van der Waals surface area contributed by atoms with Gasteiger partial charge in [-0.05, 0) is 44.1 Å². The van der Waals surface area contributed by atoms with Gasteiger partial charge in [-0.3, -0.25) is 14.4 Å². The van der Waals surface area contributed by atoms with Gasteiger partial charge in [0.2, 0.25) is 23.6 Å². The number of halogens is 1. The van der Waals surface area contributed by atoms with E-state index in [1.807, 2.05) is 13.8 Å². The number of likely N-dealkylation sites (N-methyl/N-ethyl adjacent to an activating group) is 2. The van der Waals surface area contributed by atoms with E-state index in [2.05, 4.69) is 10.3 Å². The van der Waals surface area contributed by atoms with Crippen LogP contribution in [0.1, 0.15) is 83.6 Å². The molecule has 0 bridgehead atoms. The Labute approximate surface area is 226 Å². The third-order valence-electron chi connectivity index (χ3n) is 7.07. The first kappa shape index (κ1) is 29.2. The Hall–Kier alpha value is -2.35. The van der Waals surface area contributed by atoms with Crippen LogP contribution in [-0.2, 0) is 20.8 Å². The Morgan fingerprint density at radius 1 is 1.05 bits per heavy atom. The zero-order valence-corrected chi connectivity index (χ0v) is 23.6. The molecule has 1 aliphatic carbocycles. The van der Waals surface area contributed by atoms with Crippen molar-refractivity contribution in [3.05, 3.63) is 22.8 Å². The summed E-state index contributed by atoms with van der Waals surface area (Å²) in [5.41, 5.74) is 0.699. The molecule has 1 aromatic rings. The van der Waals surface area contributed by atoms with E-state index in [0.717, 1.165) is 51.4 Å². The fraction of sp³-hybridized carbons (Fsp3) is 0.714. The van der Waals surface area contributed by atoms with Crippen LogP contribution in [0.3, 0.4) is 0 Å². The van der Waals surface area contributed by atoms with E-state index in [4.69, 9.17) is 16.3 Å². The molecule has 2 atom stereocenters. The number of rotatable bonds is 6. The van der Waals surface area contributed by atoms with Crippen LogP contribution in [0.2, 0.25) is 5.02 Å². The first-order valence-electron chi connectivity index (χ1n) is 13.8. The number of hydrogen-bond acceptors (Lipinski definition) is 5. The highest BCUT2D eigenvalue weighted by Crippen LogP contribution is 2.30. The summed E-state index contributed by atoms with van der Waals surface area (Å²) in [5.74, 6) is 0.136. The number of nitrogens with zero attached hydrogens (tertiary/aromatic N) is 3. The van der Waals surface area contributed by atoms with Gasteiger partial charge in [0.25, 0.3) is 0 Å². The average molecular weight is 535 g/mol. The van der Waals surface area contributed by atoms with Crippen molar-refractivity contribution in [3.8, 4) is 5.88 Å². The summed E-state index contributed by atoms with van der Waals surface area (Å²) in [4.78, 5) is 47.9. The van der Waals surface area contributed by atoms with Gasteiger partial charge in [-0.2, -0.15) is 0 Å². The van der Waals surface area contributed by atoms with Crippen LogP contribution in [0.15, 0.2) is 12.3 Å². The molecule has 2 aliphatic rings. The molecule has 2 unspecified atom stereocenters. The van der Waals surface area contributed by atoms with Gasteiger partial charge in [-0.15, -0.1) is 0 Å². The lowest BCUT2D eigenvalue weighted by Gasteiger charge is -2.34. The normalized spacial score (nSPS) is 23.4. The lowest BCUT2D eigenvalue weighted by atomic mass is 9.99. The number of hydrogen-bond donors (Lipinski definition) is 1. The van der Waals surface area contributed by atoms with Crippen molar-refractivity contribution in [1.29, 1.82) is 0 Å². The van der Waals surface area contributed by atoms with Gasteiger partial charge in [0.1, 0.15) is 18.2 Å². The molecule has 3 amide bonds. The molecule has 1 aliphatic heterocycles. The van der Waals surface area contributed by atoms with Crippen molar-refractivity contribution < 1.29 is 19.1 Å². The predicted octanol–water partition coefficient (Wildman–Crippen LogP) is 4.38. The third-order valence-corrected chi connectivity index (χ3v) is 7.28. The predicted molar refractivity (Wildman–Crippen MR) is 145 cm³/mol. The standard InChI is InChI=1S/C28H43ClN4O4/c1-19(2)15-23-27(35)33(4)24(17-20-16-21(29)18-30-26(20)37-22-12-13-22)28(36)32(3)14-10-8-6-5-7-9-11-25(34)31-23/h16,18-19,22-24H,5-15,17H2,1-4H3,(H,31,34). The third kappa shape index (κ3) is 9.16. The summed E-state index contributed by atoms with van der Waals surface area (Å²) in [6, 6.07) is 0.300. The number of pyridine rings is 1. The molecule has 1 saturated heterocycles. The summed E-state index contributed by atoms with van der Waals surface area (Å²) in [6.07, 6.45) is 10.6. The maximum Gasteiger partial charge on any atom is 0.245 e. The van der Waals surface area contributed by atoms with Gasteiger partial charge in [-0.25, -0.2) is 4.98 Å². The minimum absolute atomic E-state index is 0.112. The number of amides is 3. The van der Waals surface area contributed by atoms with Gasteiger partial charge in [0, 0.05) is 45.2 Å². The first-order valence-corrected chi connectivity index (χ1v) is 14.2. The number of carbonyl (C=O) groups excluding carboxylic acids is 3. The molecule has 8 nitrogen and oxygen atoms in total. The molecule has 0 radical (unpaired) electrons. The van der Waals surface area contributed by atoms with E-state index in [-0.39, 0.29) is 36.2 Å². The topological polar surface area (TPSA) is 91.8 Å². The Morgan fingerprint density at radius 3 is 2.41 bits per heavy atom. The van der Waals surface area contributed by atoms with Crippen LogP contribution in [0.25, 0.3) is 0 Å². The maximum atomic E-state index is 13.8. The van der Waals surface area contributed by atoms with Crippen LogP contribution < -0.4 is 10.1 Å². The summed E-state index contributed by atoms with van der Waals surface area (Å²) in [6.45, 7) is 4.67. The quantitative estimate of drug-likeness (QED) is 0.584. The summed E-state index contributed by atoms with van der Waals surface area (Å²) >= 11 is 6.28. The molecule has 1 aromatic heterocycles. The molecule has 0 aromatic carbocycles. The van der Waals surface area contributed by atoms with Gasteiger partial charge in [-0.1, -0.05) is 51.1 Å². The summed E-state index contributed by atoms with van der Waals surface area (Å²) in [7, 11) is 3.45. The van der Waals surface area contributed by atoms with E-state index in [0.29, 0.717) is 35.9 Å².